The molecule has 1 heterocycles. The molecule has 1 N–H and O–H groups in total. The predicted octanol–water partition coefficient (Wildman–Crippen LogP) is 2.54. The first-order valence-electron chi connectivity index (χ1n) is 5.64. The van der Waals surface area contributed by atoms with E-state index in [1.54, 1.807) is 12.4 Å². The lowest BCUT2D eigenvalue weighted by atomic mass is 10.2. The zero-order chi connectivity index (χ0) is 11.8. The fourth-order valence-corrected chi connectivity index (χ4v) is 1.28. The van der Waals surface area contributed by atoms with Crippen molar-refractivity contribution in [1.82, 2.24) is 10.3 Å². The highest BCUT2D eigenvalue weighted by Gasteiger charge is 2.02. The molecular formula is C13H20N2O. The van der Waals surface area contributed by atoms with E-state index in [2.05, 4.69) is 23.8 Å². The van der Waals surface area contributed by atoms with Crippen LogP contribution in [0.4, 0.5) is 0 Å². The fourth-order valence-electron chi connectivity index (χ4n) is 1.28. The molecule has 0 bridgehead atoms. The molecule has 0 amide bonds. The Morgan fingerprint density at radius 2 is 2.38 bits per heavy atom. The molecule has 0 radical (unpaired) electrons. The maximum Gasteiger partial charge on any atom is 0.142 e. The quantitative estimate of drug-likeness (QED) is 0.717. The number of nitrogens with zero attached hydrogens (tertiary/aromatic N) is 1. The van der Waals surface area contributed by atoms with Gasteiger partial charge in [-0.2, -0.15) is 0 Å². The van der Waals surface area contributed by atoms with Crippen LogP contribution in [0.15, 0.2) is 30.6 Å². The van der Waals surface area contributed by atoms with Gasteiger partial charge >= 0.3 is 0 Å². The third-order valence-corrected chi connectivity index (χ3v) is 2.22. The molecule has 0 unspecified atom stereocenters. The van der Waals surface area contributed by atoms with Gasteiger partial charge in [0.25, 0.3) is 0 Å². The molecule has 0 aliphatic rings. The lowest BCUT2D eigenvalue weighted by Gasteiger charge is -2.10. The van der Waals surface area contributed by atoms with Crippen LogP contribution in [0.1, 0.15) is 25.8 Å². The zero-order valence-electron chi connectivity index (χ0n) is 10.1. The van der Waals surface area contributed by atoms with Crippen LogP contribution in [0.3, 0.4) is 0 Å². The van der Waals surface area contributed by atoms with Crippen molar-refractivity contribution >= 4 is 0 Å². The molecule has 16 heavy (non-hydrogen) atoms. The number of ether oxygens (including phenoxy) is 1. The van der Waals surface area contributed by atoms with Gasteiger partial charge in [0.1, 0.15) is 5.75 Å². The molecule has 1 aromatic heterocycles. The van der Waals surface area contributed by atoms with E-state index in [0.29, 0.717) is 6.61 Å². The van der Waals surface area contributed by atoms with Gasteiger partial charge in [-0.05, 0) is 19.5 Å². The number of hydrogen-bond acceptors (Lipinski definition) is 3. The number of pyridine rings is 1. The topological polar surface area (TPSA) is 34.1 Å². The molecule has 0 fully saturated rings. The number of rotatable bonds is 7. The first-order valence-corrected chi connectivity index (χ1v) is 5.64. The first kappa shape index (κ1) is 12.7. The minimum absolute atomic E-state index is 0.667. The van der Waals surface area contributed by atoms with E-state index in [1.165, 1.54) is 0 Å². The Morgan fingerprint density at radius 3 is 3.06 bits per heavy atom. The van der Waals surface area contributed by atoms with Crippen LogP contribution >= 0.6 is 0 Å². The summed E-state index contributed by atoms with van der Waals surface area (Å²) < 4.78 is 5.68. The Morgan fingerprint density at radius 1 is 1.56 bits per heavy atom. The Balaban J connectivity index is 2.52. The summed E-state index contributed by atoms with van der Waals surface area (Å²) in [6, 6.07) is 1.98. The van der Waals surface area contributed by atoms with Crippen LogP contribution in [-0.4, -0.2) is 18.1 Å². The van der Waals surface area contributed by atoms with Gasteiger partial charge in [0, 0.05) is 24.7 Å². The molecule has 0 aliphatic heterocycles. The summed E-state index contributed by atoms with van der Waals surface area (Å²) in [5, 5.41) is 3.28. The second kappa shape index (κ2) is 7.01. The van der Waals surface area contributed by atoms with E-state index in [0.717, 1.165) is 36.4 Å². The van der Waals surface area contributed by atoms with E-state index in [4.69, 9.17) is 4.74 Å². The maximum atomic E-state index is 5.68. The average molecular weight is 220 g/mol. The second-order valence-electron chi connectivity index (χ2n) is 3.82. The molecule has 3 heteroatoms. The van der Waals surface area contributed by atoms with Crippen molar-refractivity contribution in [1.29, 1.82) is 0 Å². The fraction of sp³-hybridized carbons (Fsp3) is 0.462. The highest BCUT2D eigenvalue weighted by atomic mass is 16.5. The molecule has 1 rings (SSSR count). The van der Waals surface area contributed by atoms with Crippen molar-refractivity contribution in [2.75, 3.05) is 13.2 Å². The molecular weight excluding hydrogens is 200 g/mol. The molecule has 0 aromatic carbocycles. The van der Waals surface area contributed by atoms with Crippen LogP contribution in [0.25, 0.3) is 0 Å². The van der Waals surface area contributed by atoms with Crippen LogP contribution in [0.2, 0.25) is 0 Å². The summed E-state index contributed by atoms with van der Waals surface area (Å²) in [4.78, 5) is 4.08. The van der Waals surface area contributed by atoms with E-state index in [1.807, 2.05) is 13.0 Å². The van der Waals surface area contributed by atoms with Crippen molar-refractivity contribution in [3.05, 3.63) is 36.2 Å². The summed E-state index contributed by atoms with van der Waals surface area (Å²) in [6.07, 6.45) is 4.44. The Kier molecular flexibility index (Phi) is 5.57. The van der Waals surface area contributed by atoms with Crippen molar-refractivity contribution in [2.45, 2.75) is 26.8 Å². The zero-order valence-corrected chi connectivity index (χ0v) is 10.1. The van der Waals surface area contributed by atoms with Crippen LogP contribution in [-0.2, 0) is 6.54 Å². The van der Waals surface area contributed by atoms with Crippen molar-refractivity contribution in [3.8, 4) is 5.75 Å². The average Bonchev–Trinajstić information content (AvgIpc) is 2.27. The van der Waals surface area contributed by atoms with Gasteiger partial charge in [0.15, 0.2) is 0 Å². The van der Waals surface area contributed by atoms with Crippen molar-refractivity contribution in [2.24, 2.45) is 0 Å². The molecule has 0 atom stereocenters. The van der Waals surface area contributed by atoms with Gasteiger partial charge < -0.3 is 10.1 Å². The van der Waals surface area contributed by atoms with Crippen LogP contribution in [0.5, 0.6) is 5.75 Å². The minimum Gasteiger partial charge on any atom is -0.491 e. The lowest BCUT2D eigenvalue weighted by molar-refractivity contribution is 0.316. The Bertz CT molecular complexity index is 336. The third-order valence-electron chi connectivity index (χ3n) is 2.22. The standard InChI is InChI=1S/C13H20N2O/c1-4-14-9-12-5-7-15-10-13(12)16-8-6-11(2)3/h5,7,10,14H,2,4,6,8-9H2,1,3H3. The highest BCUT2D eigenvalue weighted by Crippen LogP contribution is 2.16. The van der Waals surface area contributed by atoms with Gasteiger partial charge in [0.2, 0.25) is 0 Å². The van der Waals surface area contributed by atoms with Crippen molar-refractivity contribution < 1.29 is 4.74 Å². The summed E-state index contributed by atoms with van der Waals surface area (Å²) in [5.74, 6) is 0.865. The maximum absolute atomic E-state index is 5.68. The van der Waals surface area contributed by atoms with Crippen LogP contribution < -0.4 is 10.1 Å². The minimum atomic E-state index is 0.667. The number of aromatic nitrogens is 1. The molecule has 1 aromatic rings. The molecule has 3 nitrogen and oxygen atoms in total. The number of hydrogen-bond donors (Lipinski definition) is 1. The lowest BCUT2D eigenvalue weighted by Crippen LogP contribution is -2.13. The van der Waals surface area contributed by atoms with Crippen LogP contribution in [0, 0.1) is 0 Å². The summed E-state index contributed by atoms with van der Waals surface area (Å²) >= 11 is 0. The molecule has 88 valence electrons. The van der Waals surface area contributed by atoms with Gasteiger partial charge in [-0.1, -0.05) is 12.5 Å². The molecule has 0 saturated heterocycles. The molecule has 0 spiro atoms. The molecule has 0 aliphatic carbocycles. The summed E-state index contributed by atoms with van der Waals surface area (Å²) in [6.45, 7) is 10.4. The first-order chi connectivity index (χ1) is 7.74. The van der Waals surface area contributed by atoms with E-state index in [9.17, 15) is 0 Å². The Hall–Kier alpha value is -1.35. The SMILES string of the molecule is C=C(C)CCOc1cnccc1CNCC. The van der Waals surface area contributed by atoms with Gasteiger partial charge in [-0.15, -0.1) is 6.58 Å². The Labute approximate surface area is 97.5 Å². The number of nitrogens with one attached hydrogen (secondary N) is 1. The van der Waals surface area contributed by atoms with E-state index < -0.39 is 0 Å². The monoisotopic (exact) mass is 220 g/mol. The smallest absolute Gasteiger partial charge is 0.142 e. The predicted molar refractivity (Wildman–Crippen MR) is 66.5 cm³/mol. The van der Waals surface area contributed by atoms with Gasteiger partial charge in [-0.25, -0.2) is 0 Å². The largest absolute Gasteiger partial charge is 0.491 e. The van der Waals surface area contributed by atoms with Crippen molar-refractivity contribution in [3.63, 3.8) is 0 Å². The molecule has 0 saturated carbocycles. The summed E-state index contributed by atoms with van der Waals surface area (Å²) in [7, 11) is 0. The highest BCUT2D eigenvalue weighted by molar-refractivity contribution is 5.29. The second-order valence-corrected chi connectivity index (χ2v) is 3.82. The van der Waals surface area contributed by atoms with E-state index in [-0.39, 0.29) is 0 Å². The third kappa shape index (κ3) is 4.45. The van der Waals surface area contributed by atoms with Gasteiger partial charge in [-0.3, -0.25) is 4.98 Å². The van der Waals surface area contributed by atoms with Gasteiger partial charge in [0.05, 0.1) is 12.8 Å². The normalized spacial score (nSPS) is 10.1. The van der Waals surface area contributed by atoms with E-state index >= 15 is 0 Å². The summed E-state index contributed by atoms with van der Waals surface area (Å²) in [5.41, 5.74) is 2.29.